The molecule has 106 valence electrons. The molecule has 2 unspecified atom stereocenters. The first kappa shape index (κ1) is 14.4. The molecule has 0 aromatic heterocycles. The molecule has 1 aromatic rings. The van der Waals surface area contributed by atoms with E-state index < -0.39 is 0 Å². The first-order chi connectivity index (χ1) is 9.20. The fourth-order valence-corrected chi connectivity index (χ4v) is 3.10. The van der Waals surface area contributed by atoms with Crippen molar-refractivity contribution in [2.45, 2.75) is 52.1 Å². The van der Waals surface area contributed by atoms with Gasteiger partial charge in [-0.3, -0.25) is 0 Å². The number of rotatable bonds is 5. The highest BCUT2D eigenvalue weighted by Crippen LogP contribution is 2.33. The van der Waals surface area contributed by atoms with E-state index in [1.807, 2.05) is 0 Å². The second-order valence-electron chi connectivity index (χ2n) is 5.88. The molecule has 19 heavy (non-hydrogen) atoms. The molecule has 1 aliphatic heterocycles. The number of hydrogen-bond donors (Lipinski definition) is 1. The number of piperidine rings is 1. The minimum atomic E-state index is 0.248. The van der Waals surface area contributed by atoms with Crippen LogP contribution >= 0.6 is 0 Å². The predicted molar refractivity (Wildman–Crippen MR) is 80.8 cm³/mol. The third-order valence-corrected chi connectivity index (χ3v) is 3.95. The molecule has 2 heteroatoms. The SMILES string of the molecule is CCCC1CNCCC1c1ccc(OC(C)C)cc1. The van der Waals surface area contributed by atoms with Crippen LogP contribution in [0.25, 0.3) is 0 Å². The lowest BCUT2D eigenvalue weighted by Crippen LogP contribution is -2.35. The van der Waals surface area contributed by atoms with E-state index in [0.717, 1.165) is 18.2 Å². The molecule has 2 atom stereocenters. The summed E-state index contributed by atoms with van der Waals surface area (Å²) < 4.78 is 5.72. The molecule has 2 nitrogen and oxygen atoms in total. The molecule has 0 amide bonds. The highest BCUT2D eigenvalue weighted by molar-refractivity contribution is 5.30. The van der Waals surface area contributed by atoms with Crippen LogP contribution in [0.1, 0.15) is 51.5 Å². The van der Waals surface area contributed by atoms with Gasteiger partial charge in [0.1, 0.15) is 5.75 Å². The molecule has 1 saturated heterocycles. The molecule has 1 aromatic carbocycles. The molecule has 1 heterocycles. The maximum atomic E-state index is 5.72. The molecular formula is C17H27NO. The standard InChI is InChI=1S/C17H27NO/c1-4-5-15-12-18-11-10-17(15)14-6-8-16(9-7-14)19-13(2)3/h6-9,13,15,17-18H,4-5,10-12H2,1-3H3. The Hall–Kier alpha value is -1.02. The Labute approximate surface area is 117 Å². The Bertz CT molecular complexity index is 369. The molecule has 0 aliphatic carbocycles. The second-order valence-corrected chi connectivity index (χ2v) is 5.88. The van der Waals surface area contributed by atoms with Crippen LogP contribution in [-0.2, 0) is 0 Å². The first-order valence-electron chi connectivity index (χ1n) is 7.68. The fourth-order valence-electron chi connectivity index (χ4n) is 3.10. The third kappa shape index (κ3) is 3.97. The molecule has 0 radical (unpaired) electrons. The highest BCUT2D eigenvalue weighted by Gasteiger charge is 2.25. The maximum absolute atomic E-state index is 5.72. The van der Waals surface area contributed by atoms with Crippen LogP contribution in [0.15, 0.2) is 24.3 Å². The van der Waals surface area contributed by atoms with Crippen LogP contribution in [0, 0.1) is 5.92 Å². The molecule has 0 saturated carbocycles. The largest absolute Gasteiger partial charge is 0.491 e. The summed E-state index contributed by atoms with van der Waals surface area (Å²) in [5.74, 6) is 2.49. The maximum Gasteiger partial charge on any atom is 0.119 e. The van der Waals surface area contributed by atoms with Crippen molar-refractivity contribution in [3.05, 3.63) is 29.8 Å². The van der Waals surface area contributed by atoms with Crippen molar-refractivity contribution in [2.24, 2.45) is 5.92 Å². The smallest absolute Gasteiger partial charge is 0.119 e. The highest BCUT2D eigenvalue weighted by atomic mass is 16.5. The van der Waals surface area contributed by atoms with Crippen LogP contribution in [0.5, 0.6) is 5.75 Å². The number of ether oxygens (including phenoxy) is 1. The number of benzene rings is 1. The summed E-state index contributed by atoms with van der Waals surface area (Å²) in [6, 6.07) is 8.77. The van der Waals surface area contributed by atoms with E-state index in [-0.39, 0.29) is 6.10 Å². The van der Waals surface area contributed by atoms with Crippen LogP contribution in [0.3, 0.4) is 0 Å². The van der Waals surface area contributed by atoms with E-state index in [1.165, 1.54) is 31.4 Å². The fraction of sp³-hybridized carbons (Fsp3) is 0.647. The lowest BCUT2D eigenvalue weighted by molar-refractivity contribution is 0.242. The molecular weight excluding hydrogens is 234 g/mol. The van der Waals surface area contributed by atoms with Crippen LogP contribution < -0.4 is 10.1 Å². The van der Waals surface area contributed by atoms with Gasteiger partial charge >= 0.3 is 0 Å². The second kappa shape index (κ2) is 6.95. The zero-order valence-corrected chi connectivity index (χ0v) is 12.5. The molecule has 1 fully saturated rings. The van der Waals surface area contributed by atoms with E-state index in [9.17, 15) is 0 Å². The summed E-state index contributed by atoms with van der Waals surface area (Å²) in [6.07, 6.45) is 4.10. The molecule has 1 N–H and O–H groups in total. The summed E-state index contributed by atoms with van der Waals surface area (Å²) in [7, 11) is 0. The van der Waals surface area contributed by atoms with Gasteiger partial charge < -0.3 is 10.1 Å². The summed E-state index contributed by atoms with van der Waals surface area (Å²) in [6.45, 7) is 8.74. The monoisotopic (exact) mass is 261 g/mol. The van der Waals surface area contributed by atoms with Crippen molar-refractivity contribution >= 4 is 0 Å². The van der Waals surface area contributed by atoms with Gasteiger partial charge in [0.15, 0.2) is 0 Å². The van der Waals surface area contributed by atoms with Crippen molar-refractivity contribution in [1.29, 1.82) is 0 Å². The molecule has 0 bridgehead atoms. The molecule has 2 rings (SSSR count). The van der Waals surface area contributed by atoms with E-state index in [4.69, 9.17) is 4.74 Å². The molecule has 0 spiro atoms. The summed E-state index contributed by atoms with van der Waals surface area (Å²) in [4.78, 5) is 0. The van der Waals surface area contributed by atoms with Gasteiger partial charge in [0.25, 0.3) is 0 Å². The van der Waals surface area contributed by atoms with Crippen LogP contribution in [0.2, 0.25) is 0 Å². The third-order valence-electron chi connectivity index (χ3n) is 3.95. The summed E-state index contributed by atoms with van der Waals surface area (Å²) >= 11 is 0. The lowest BCUT2D eigenvalue weighted by atomic mass is 9.79. The minimum Gasteiger partial charge on any atom is -0.491 e. The summed E-state index contributed by atoms with van der Waals surface area (Å²) in [5.41, 5.74) is 1.48. The van der Waals surface area contributed by atoms with Gasteiger partial charge in [0, 0.05) is 0 Å². The average molecular weight is 261 g/mol. The zero-order chi connectivity index (χ0) is 13.7. The van der Waals surface area contributed by atoms with Gasteiger partial charge in [-0.15, -0.1) is 0 Å². The van der Waals surface area contributed by atoms with Gasteiger partial charge in [0.05, 0.1) is 6.10 Å². The van der Waals surface area contributed by atoms with Crippen molar-refractivity contribution in [2.75, 3.05) is 13.1 Å². The predicted octanol–water partition coefficient (Wildman–Crippen LogP) is 3.97. The average Bonchev–Trinajstić information content (AvgIpc) is 2.40. The van der Waals surface area contributed by atoms with Gasteiger partial charge in [-0.05, 0) is 69.3 Å². The topological polar surface area (TPSA) is 21.3 Å². The Kier molecular flexibility index (Phi) is 5.26. The van der Waals surface area contributed by atoms with Gasteiger partial charge in [-0.1, -0.05) is 25.5 Å². The normalized spacial score (nSPS) is 23.6. The lowest BCUT2D eigenvalue weighted by Gasteiger charge is -2.32. The number of hydrogen-bond acceptors (Lipinski definition) is 2. The first-order valence-corrected chi connectivity index (χ1v) is 7.68. The van der Waals surface area contributed by atoms with Crippen LogP contribution in [-0.4, -0.2) is 19.2 Å². The Balaban J connectivity index is 2.06. The van der Waals surface area contributed by atoms with Crippen molar-refractivity contribution in [1.82, 2.24) is 5.32 Å². The van der Waals surface area contributed by atoms with Crippen molar-refractivity contribution in [3.63, 3.8) is 0 Å². The van der Waals surface area contributed by atoms with E-state index in [0.29, 0.717) is 5.92 Å². The van der Waals surface area contributed by atoms with Crippen molar-refractivity contribution < 1.29 is 4.74 Å². The van der Waals surface area contributed by atoms with E-state index in [1.54, 1.807) is 0 Å². The van der Waals surface area contributed by atoms with Gasteiger partial charge in [-0.2, -0.15) is 0 Å². The zero-order valence-electron chi connectivity index (χ0n) is 12.5. The minimum absolute atomic E-state index is 0.248. The quantitative estimate of drug-likeness (QED) is 0.866. The van der Waals surface area contributed by atoms with E-state index in [2.05, 4.69) is 50.4 Å². The number of nitrogens with one attached hydrogen (secondary N) is 1. The Morgan fingerprint density at radius 3 is 2.63 bits per heavy atom. The Morgan fingerprint density at radius 2 is 2.00 bits per heavy atom. The molecule has 1 aliphatic rings. The Morgan fingerprint density at radius 1 is 1.26 bits per heavy atom. The van der Waals surface area contributed by atoms with Gasteiger partial charge in [0.2, 0.25) is 0 Å². The van der Waals surface area contributed by atoms with E-state index >= 15 is 0 Å². The van der Waals surface area contributed by atoms with Crippen LogP contribution in [0.4, 0.5) is 0 Å². The van der Waals surface area contributed by atoms with Crippen molar-refractivity contribution in [3.8, 4) is 5.75 Å². The van der Waals surface area contributed by atoms with Gasteiger partial charge in [-0.25, -0.2) is 0 Å². The summed E-state index contributed by atoms with van der Waals surface area (Å²) in [5, 5.41) is 3.53.